The predicted octanol–water partition coefficient (Wildman–Crippen LogP) is 5.55. The fraction of sp³-hybridized carbons (Fsp3) is 0.0476. The SMILES string of the molecule is Cc1ccc(C=Nc2ccc(NC(=S)Nc3ccccc3)cc2)cc1. The third-order valence-corrected chi connectivity index (χ3v) is 3.80. The number of nitrogens with zero attached hydrogens (tertiary/aromatic N) is 1. The number of benzene rings is 3. The monoisotopic (exact) mass is 345 g/mol. The molecule has 2 N–H and O–H groups in total. The molecule has 25 heavy (non-hydrogen) atoms. The summed E-state index contributed by atoms with van der Waals surface area (Å²) in [6, 6.07) is 25.9. The van der Waals surface area contributed by atoms with Crippen molar-refractivity contribution in [3.63, 3.8) is 0 Å². The highest BCUT2D eigenvalue weighted by Gasteiger charge is 1.98. The van der Waals surface area contributed by atoms with Gasteiger partial charge in [-0.05, 0) is 61.1 Å². The lowest BCUT2D eigenvalue weighted by Gasteiger charge is -2.10. The molecule has 3 aromatic rings. The summed E-state index contributed by atoms with van der Waals surface area (Å²) in [5.74, 6) is 0. The second-order valence-corrected chi connectivity index (χ2v) is 6.07. The van der Waals surface area contributed by atoms with Crippen LogP contribution >= 0.6 is 12.2 Å². The maximum absolute atomic E-state index is 5.32. The van der Waals surface area contributed by atoms with Crippen molar-refractivity contribution in [1.29, 1.82) is 0 Å². The van der Waals surface area contributed by atoms with E-state index in [-0.39, 0.29) is 0 Å². The van der Waals surface area contributed by atoms with Crippen LogP contribution in [-0.4, -0.2) is 11.3 Å². The third kappa shape index (κ3) is 5.26. The van der Waals surface area contributed by atoms with Crippen LogP contribution in [0.3, 0.4) is 0 Å². The minimum absolute atomic E-state index is 0.558. The Labute approximate surface area is 153 Å². The average molecular weight is 345 g/mol. The van der Waals surface area contributed by atoms with E-state index < -0.39 is 0 Å². The van der Waals surface area contributed by atoms with Crippen LogP contribution in [0.15, 0.2) is 83.9 Å². The van der Waals surface area contributed by atoms with Gasteiger partial charge in [-0.15, -0.1) is 0 Å². The molecule has 0 aliphatic rings. The molecule has 124 valence electrons. The molecule has 0 aliphatic carbocycles. The lowest BCUT2D eigenvalue weighted by atomic mass is 10.2. The Balaban J connectivity index is 1.58. The molecule has 3 aromatic carbocycles. The molecule has 0 amide bonds. The van der Waals surface area contributed by atoms with Crippen LogP contribution in [0.1, 0.15) is 11.1 Å². The number of anilines is 2. The minimum Gasteiger partial charge on any atom is -0.332 e. The van der Waals surface area contributed by atoms with Crippen LogP contribution in [0, 0.1) is 6.92 Å². The van der Waals surface area contributed by atoms with E-state index in [1.165, 1.54) is 5.56 Å². The van der Waals surface area contributed by atoms with Crippen molar-refractivity contribution in [2.24, 2.45) is 4.99 Å². The Morgan fingerprint density at radius 3 is 2.04 bits per heavy atom. The van der Waals surface area contributed by atoms with Gasteiger partial charge in [-0.1, -0.05) is 48.0 Å². The number of para-hydroxylation sites is 1. The van der Waals surface area contributed by atoms with Crippen LogP contribution in [0.2, 0.25) is 0 Å². The molecule has 0 aromatic heterocycles. The predicted molar refractivity (Wildman–Crippen MR) is 111 cm³/mol. The minimum atomic E-state index is 0.558. The van der Waals surface area contributed by atoms with E-state index >= 15 is 0 Å². The molecule has 0 aliphatic heterocycles. The van der Waals surface area contributed by atoms with Crippen molar-refractivity contribution >= 4 is 40.6 Å². The molecule has 0 bridgehead atoms. The van der Waals surface area contributed by atoms with Gasteiger partial charge in [0.05, 0.1) is 5.69 Å². The quantitative estimate of drug-likeness (QED) is 0.480. The number of hydrogen-bond acceptors (Lipinski definition) is 2. The van der Waals surface area contributed by atoms with Crippen molar-refractivity contribution in [2.45, 2.75) is 6.92 Å². The zero-order chi connectivity index (χ0) is 17.5. The molecular weight excluding hydrogens is 326 g/mol. The fourth-order valence-corrected chi connectivity index (χ4v) is 2.48. The number of aryl methyl sites for hydroxylation is 1. The van der Waals surface area contributed by atoms with E-state index in [2.05, 4.69) is 46.8 Å². The van der Waals surface area contributed by atoms with Gasteiger partial charge >= 0.3 is 0 Å². The summed E-state index contributed by atoms with van der Waals surface area (Å²) in [4.78, 5) is 4.49. The van der Waals surface area contributed by atoms with Gasteiger partial charge in [0, 0.05) is 17.6 Å². The number of nitrogens with one attached hydrogen (secondary N) is 2. The second-order valence-electron chi connectivity index (χ2n) is 5.66. The van der Waals surface area contributed by atoms with Gasteiger partial charge in [0.25, 0.3) is 0 Å². The van der Waals surface area contributed by atoms with Crippen LogP contribution < -0.4 is 10.6 Å². The molecule has 0 saturated heterocycles. The van der Waals surface area contributed by atoms with Crippen LogP contribution in [0.5, 0.6) is 0 Å². The Kier molecular flexibility index (Phi) is 5.54. The van der Waals surface area contributed by atoms with Gasteiger partial charge in [0.15, 0.2) is 5.11 Å². The largest absolute Gasteiger partial charge is 0.332 e. The highest BCUT2D eigenvalue weighted by Crippen LogP contribution is 2.17. The zero-order valence-electron chi connectivity index (χ0n) is 13.9. The highest BCUT2D eigenvalue weighted by molar-refractivity contribution is 7.80. The normalized spacial score (nSPS) is 10.6. The number of aliphatic imine (C=N–C) groups is 1. The van der Waals surface area contributed by atoms with E-state index in [9.17, 15) is 0 Å². The number of thiocarbonyl (C=S) groups is 1. The van der Waals surface area contributed by atoms with Crippen LogP contribution in [-0.2, 0) is 0 Å². The average Bonchev–Trinajstić information content (AvgIpc) is 2.63. The van der Waals surface area contributed by atoms with E-state index in [0.717, 1.165) is 22.6 Å². The summed E-state index contributed by atoms with van der Waals surface area (Å²) in [6.07, 6.45) is 1.86. The Morgan fingerprint density at radius 2 is 1.40 bits per heavy atom. The number of hydrogen-bond donors (Lipinski definition) is 2. The standard InChI is InChI=1S/C21H19N3S/c1-16-7-9-17(10-8-16)15-22-18-11-13-20(14-12-18)24-21(25)23-19-5-3-2-4-6-19/h2-15H,1H3,(H2,23,24,25). The molecule has 0 unspecified atom stereocenters. The van der Waals surface area contributed by atoms with E-state index in [1.807, 2.05) is 60.8 Å². The first-order valence-corrected chi connectivity index (χ1v) is 8.44. The van der Waals surface area contributed by atoms with E-state index in [0.29, 0.717) is 5.11 Å². The Morgan fingerprint density at radius 1 is 0.800 bits per heavy atom. The summed E-state index contributed by atoms with van der Waals surface area (Å²) >= 11 is 5.32. The molecular formula is C21H19N3S. The summed E-state index contributed by atoms with van der Waals surface area (Å²) in [5, 5.41) is 6.87. The smallest absolute Gasteiger partial charge is 0.175 e. The van der Waals surface area contributed by atoms with Gasteiger partial charge in [0.1, 0.15) is 0 Å². The molecule has 0 fully saturated rings. The van der Waals surface area contributed by atoms with Crippen molar-refractivity contribution in [3.8, 4) is 0 Å². The topological polar surface area (TPSA) is 36.4 Å². The van der Waals surface area contributed by atoms with E-state index in [1.54, 1.807) is 0 Å². The summed E-state index contributed by atoms with van der Waals surface area (Å²) < 4.78 is 0. The molecule has 3 rings (SSSR count). The summed E-state index contributed by atoms with van der Waals surface area (Å²) in [6.45, 7) is 2.07. The molecule has 3 nitrogen and oxygen atoms in total. The van der Waals surface area contributed by atoms with Gasteiger partial charge in [-0.25, -0.2) is 0 Å². The first-order valence-electron chi connectivity index (χ1n) is 8.03. The maximum atomic E-state index is 5.32. The molecule has 0 atom stereocenters. The van der Waals surface area contributed by atoms with Crippen molar-refractivity contribution in [3.05, 3.63) is 90.0 Å². The lowest BCUT2D eigenvalue weighted by molar-refractivity contribution is 1.46. The highest BCUT2D eigenvalue weighted by atomic mass is 32.1. The van der Waals surface area contributed by atoms with E-state index in [4.69, 9.17) is 12.2 Å². The summed E-state index contributed by atoms with van der Waals surface area (Å²) in [5.41, 5.74) is 5.10. The molecule has 0 radical (unpaired) electrons. The first kappa shape index (κ1) is 16.9. The fourth-order valence-electron chi connectivity index (χ4n) is 2.25. The molecule has 0 spiro atoms. The second kappa shape index (κ2) is 8.22. The van der Waals surface area contributed by atoms with Crippen LogP contribution in [0.25, 0.3) is 0 Å². The lowest BCUT2D eigenvalue weighted by Crippen LogP contribution is -2.18. The Bertz CT molecular complexity index is 854. The van der Waals surface area contributed by atoms with Gasteiger partial charge in [0.2, 0.25) is 0 Å². The Hall–Kier alpha value is -2.98. The van der Waals surface area contributed by atoms with Gasteiger partial charge in [-0.3, -0.25) is 4.99 Å². The summed E-state index contributed by atoms with van der Waals surface area (Å²) in [7, 11) is 0. The zero-order valence-corrected chi connectivity index (χ0v) is 14.8. The van der Waals surface area contributed by atoms with Gasteiger partial charge in [-0.2, -0.15) is 0 Å². The third-order valence-electron chi connectivity index (χ3n) is 3.60. The van der Waals surface area contributed by atoms with Gasteiger partial charge < -0.3 is 10.6 Å². The van der Waals surface area contributed by atoms with Crippen molar-refractivity contribution in [2.75, 3.05) is 10.6 Å². The first-order chi connectivity index (χ1) is 12.2. The number of rotatable bonds is 4. The van der Waals surface area contributed by atoms with Crippen molar-refractivity contribution < 1.29 is 0 Å². The molecule has 0 saturated carbocycles. The molecule has 0 heterocycles. The maximum Gasteiger partial charge on any atom is 0.175 e. The molecule has 4 heteroatoms. The van der Waals surface area contributed by atoms with Crippen molar-refractivity contribution in [1.82, 2.24) is 0 Å². The van der Waals surface area contributed by atoms with Crippen LogP contribution in [0.4, 0.5) is 17.1 Å².